The number of carboxylic acids is 1. The highest BCUT2D eigenvalue weighted by atomic mass is 16.4. The Balaban J connectivity index is 2.60. The second-order valence-electron chi connectivity index (χ2n) is 6.40. The van der Waals surface area contributed by atoms with Gasteiger partial charge in [-0.3, -0.25) is 9.59 Å². The number of unbranched alkanes of at least 4 members (excludes halogenated alkanes) is 1. The highest BCUT2D eigenvalue weighted by molar-refractivity contribution is 6.40. The summed E-state index contributed by atoms with van der Waals surface area (Å²) in [5, 5.41) is 30.1. The lowest BCUT2D eigenvalue weighted by atomic mass is 9.68. The molecule has 0 heterocycles. The molecule has 126 valence electrons. The third kappa shape index (κ3) is 5.59. The quantitative estimate of drug-likeness (QED) is 0.319. The number of nitrogens with one attached hydrogen (secondary N) is 1. The predicted octanol–water partition coefficient (Wildman–Crippen LogP) is 0.106. The Bertz CT molecular complexity index is 391. The van der Waals surface area contributed by atoms with Gasteiger partial charge in [0.2, 0.25) is 5.91 Å². The van der Waals surface area contributed by atoms with Crippen LogP contribution in [-0.4, -0.2) is 46.2 Å². The lowest BCUT2D eigenvalue weighted by Crippen LogP contribution is -2.49. The van der Waals surface area contributed by atoms with E-state index in [4.69, 9.17) is 15.8 Å². The Morgan fingerprint density at radius 3 is 2.64 bits per heavy atom. The number of carboxylic acid groups (broad SMARTS) is 1. The van der Waals surface area contributed by atoms with Crippen LogP contribution in [0.2, 0.25) is 6.32 Å². The van der Waals surface area contributed by atoms with Crippen molar-refractivity contribution < 1.29 is 24.7 Å². The molecule has 0 saturated heterocycles. The number of nitrogens with two attached hydrogens (primary N) is 1. The first-order valence-electron chi connectivity index (χ1n) is 7.92. The van der Waals surface area contributed by atoms with Crippen LogP contribution in [0.15, 0.2) is 0 Å². The molecule has 0 aromatic heterocycles. The van der Waals surface area contributed by atoms with Crippen molar-refractivity contribution in [3.05, 3.63) is 0 Å². The van der Waals surface area contributed by atoms with Gasteiger partial charge in [0.15, 0.2) is 0 Å². The van der Waals surface area contributed by atoms with Gasteiger partial charge in [0.1, 0.15) is 0 Å². The minimum atomic E-state index is -1.34. The molecular weight excluding hydrogens is 287 g/mol. The topological polar surface area (TPSA) is 133 Å². The van der Waals surface area contributed by atoms with Crippen LogP contribution in [-0.2, 0) is 9.59 Å². The average Bonchev–Trinajstić information content (AvgIpc) is 2.43. The van der Waals surface area contributed by atoms with Crippen molar-refractivity contribution >= 4 is 19.0 Å². The molecule has 8 heteroatoms. The van der Waals surface area contributed by atoms with Crippen LogP contribution in [0.25, 0.3) is 0 Å². The number of carbonyl (C=O) groups is 2. The van der Waals surface area contributed by atoms with E-state index < -0.39 is 24.5 Å². The molecule has 0 radical (unpaired) electrons. The van der Waals surface area contributed by atoms with E-state index in [9.17, 15) is 14.7 Å². The fraction of sp³-hybridized carbons (Fsp3) is 0.857. The van der Waals surface area contributed by atoms with E-state index in [2.05, 4.69) is 5.32 Å². The third-order valence-electron chi connectivity index (χ3n) is 4.43. The molecule has 1 fully saturated rings. The van der Waals surface area contributed by atoms with Crippen LogP contribution in [0.4, 0.5) is 0 Å². The highest BCUT2D eigenvalue weighted by Crippen LogP contribution is 2.41. The molecule has 0 unspecified atom stereocenters. The van der Waals surface area contributed by atoms with Crippen molar-refractivity contribution in [1.29, 1.82) is 0 Å². The molecular formula is C14H27BN2O5. The molecule has 1 rings (SSSR count). The van der Waals surface area contributed by atoms with E-state index in [1.807, 2.05) is 0 Å². The predicted molar refractivity (Wildman–Crippen MR) is 83.0 cm³/mol. The Morgan fingerprint density at radius 2 is 2.09 bits per heavy atom. The summed E-state index contributed by atoms with van der Waals surface area (Å²) >= 11 is 0. The molecule has 0 spiro atoms. The van der Waals surface area contributed by atoms with E-state index in [1.54, 1.807) is 6.92 Å². The van der Waals surface area contributed by atoms with Gasteiger partial charge in [0.25, 0.3) is 0 Å². The minimum Gasteiger partial charge on any atom is -0.481 e. The smallest absolute Gasteiger partial charge is 0.451 e. The fourth-order valence-electron chi connectivity index (χ4n) is 3.14. The van der Waals surface area contributed by atoms with Gasteiger partial charge in [0.05, 0.1) is 11.5 Å². The zero-order valence-electron chi connectivity index (χ0n) is 13.1. The second kappa shape index (κ2) is 8.50. The number of rotatable bonds is 8. The first-order valence-corrected chi connectivity index (χ1v) is 7.92. The summed E-state index contributed by atoms with van der Waals surface area (Å²) < 4.78 is 0. The molecule has 0 aromatic rings. The monoisotopic (exact) mass is 314 g/mol. The maximum Gasteiger partial charge on any atom is 0.451 e. The summed E-state index contributed by atoms with van der Waals surface area (Å²) in [6.45, 7) is 1.60. The SMILES string of the molecule is C[C@H](N)C(=O)N[C@H]1CCC[C@@](CCCCB(O)O)(C(=O)O)C1. The van der Waals surface area contributed by atoms with E-state index in [1.165, 1.54) is 0 Å². The molecule has 0 aromatic carbocycles. The van der Waals surface area contributed by atoms with Crippen molar-refractivity contribution in [2.45, 2.75) is 70.3 Å². The number of hydrogen-bond acceptors (Lipinski definition) is 5. The van der Waals surface area contributed by atoms with Gasteiger partial charge in [-0.15, -0.1) is 0 Å². The number of amides is 1. The highest BCUT2D eigenvalue weighted by Gasteiger charge is 2.42. The lowest BCUT2D eigenvalue weighted by Gasteiger charge is -2.38. The number of carbonyl (C=O) groups excluding carboxylic acids is 1. The number of hydrogen-bond donors (Lipinski definition) is 5. The summed E-state index contributed by atoms with van der Waals surface area (Å²) in [7, 11) is -1.34. The van der Waals surface area contributed by atoms with Crippen molar-refractivity contribution in [2.24, 2.45) is 11.1 Å². The fourth-order valence-corrected chi connectivity index (χ4v) is 3.14. The molecule has 1 aliphatic rings. The standard InChI is InChI=1S/C14H27BN2O5/c1-10(16)12(18)17-11-5-4-7-14(9-11,13(19)20)6-2-3-8-15(21)22/h10-11,21-22H,2-9,16H2,1H3,(H,17,18)(H,19,20)/t10-,11-,14+/m0/s1. The molecule has 1 amide bonds. The maximum absolute atomic E-state index is 11.7. The van der Waals surface area contributed by atoms with Gasteiger partial charge < -0.3 is 26.2 Å². The first-order chi connectivity index (χ1) is 10.3. The van der Waals surface area contributed by atoms with Crippen molar-refractivity contribution in [3.63, 3.8) is 0 Å². The van der Waals surface area contributed by atoms with Crippen molar-refractivity contribution in [1.82, 2.24) is 5.32 Å². The Kier molecular flexibility index (Phi) is 7.31. The third-order valence-corrected chi connectivity index (χ3v) is 4.43. The average molecular weight is 314 g/mol. The summed E-state index contributed by atoms with van der Waals surface area (Å²) in [5.41, 5.74) is 4.69. The zero-order chi connectivity index (χ0) is 16.8. The van der Waals surface area contributed by atoms with Crippen LogP contribution in [0.3, 0.4) is 0 Å². The van der Waals surface area contributed by atoms with Crippen molar-refractivity contribution in [3.8, 4) is 0 Å². The minimum absolute atomic E-state index is 0.160. The first kappa shape index (κ1) is 18.9. The van der Waals surface area contributed by atoms with E-state index in [0.29, 0.717) is 32.1 Å². The summed E-state index contributed by atoms with van der Waals surface area (Å²) in [6.07, 6.45) is 4.44. The lowest BCUT2D eigenvalue weighted by molar-refractivity contribution is -0.152. The van der Waals surface area contributed by atoms with Gasteiger partial charge in [-0.1, -0.05) is 19.3 Å². The molecule has 7 nitrogen and oxygen atoms in total. The van der Waals surface area contributed by atoms with Gasteiger partial charge in [0, 0.05) is 6.04 Å². The van der Waals surface area contributed by atoms with Crippen molar-refractivity contribution in [2.75, 3.05) is 0 Å². The Labute approximate surface area is 131 Å². The Morgan fingerprint density at radius 1 is 1.41 bits per heavy atom. The van der Waals surface area contributed by atoms with E-state index >= 15 is 0 Å². The second-order valence-corrected chi connectivity index (χ2v) is 6.40. The van der Waals surface area contributed by atoms with Crippen LogP contribution < -0.4 is 11.1 Å². The largest absolute Gasteiger partial charge is 0.481 e. The van der Waals surface area contributed by atoms with Crippen LogP contribution in [0, 0.1) is 5.41 Å². The molecule has 22 heavy (non-hydrogen) atoms. The van der Waals surface area contributed by atoms with Crippen LogP contribution in [0.1, 0.15) is 51.9 Å². The number of aliphatic carboxylic acids is 1. The van der Waals surface area contributed by atoms with Gasteiger partial charge in [-0.25, -0.2) is 0 Å². The summed E-state index contributed by atoms with van der Waals surface area (Å²) in [4.78, 5) is 23.4. The van der Waals surface area contributed by atoms with E-state index in [0.717, 1.165) is 12.8 Å². The van der Waals surface area contributed by atoms with Gasteiger partial charge in [-0.2, -0.15) is 0 Å². The molecule has 1 saturated carbocycles. The summed E-state index contributed by atoms with van der Waals surface area (Å²) in [6, 6.07) is -0.765. The van der Waals surface area contributed by atoms with Gasteiger partial charge in [-0.05, 0) is 38.9 Å². The molecule has 0 bridgehead atoms. The van der Waals surface area contributed by atoms with Crippen LogP contribution in [0.5, 0.6) is 0 Å². The summed E-state index contributed by atoms with van der Waals surface area (Å²) in [5.74, 6) is -1.09. The molecule has 0 aliphatic heterocycles. The van der Waals surface area contributed by atoms with E-state index in [-0.39, 0.29) is 18.3 Å². The maximum atomic E-state index is 11.7. The van der Waals surface area contributed by atoms with Gasteiger partial charge >= 0.3 is 13.1 Å². The normalized spacial score (nSPS) is 26.3. The molecule has 1 aliphatic carbocycles. The Hall–Kier alpha value is -1.12. The zero-order valence-corrected chi connectivity index (χ0v) is 13.1. The van der Waals surface area contributed by atoms with Crippen LogP contribution >= 0.6 is 0 Å². The molecule has 6 N–H and O–H groups in total. The molecule has 3 atom stereocenters.